The second kappa shape index (κ2) is 8.78. The highest BCUT2D eigenvalue weighted by atomic mass is 16.5. The van der Waals surface area contributed by atoms with Crippen LogP contribution < -0.4 is 10.6 Å². The van der Waals surface area contributed by atoms with Gasteiger partial charge in [0.15, 0.2) is 0 Å². The Balaban J connectivity index is 2.46. The van der Waals surface area contributed by atoms with Crippen molar-refractivity contribution >= 4 is 23.5 Å². The molecule has 1 aromatic carbocycles. The molecule has 7 nitrogen and oxygen atoms in total. The Hall–Kier alpha value is -2.41. The van der Waals surface area contributed by atoms with Crippen molar-refractivity contribution in [2.75, 3.05) is 18.5 Å². The van der Waals surface area contributed by atoms with Gasteiger partial charge in [-0.15, -0.1) is 0 Å². The summed E-state index contributed by atoms with van der Waals surface area (Å²) in [5, 5.41) is 13.6. The van der Waals surface area contributed by atoms with Gasteiger partial charge in [0.2, 0.25) is 5.91 Å². The molecule has 0 spiro atoms. The van der Waals surface area contributed by atoms with Crippen LogP contribution >= 0.6 is 0 Å². The molecule has 0 aliphatic carbocycles. The van der Waals surface area contributed by atoms with Gasteiger partial charge in [-0.25, -0.2) is 0 Å². The highest BCUT2D eigenvalue weighted by molar-refractivity contribution is 5.96. The van der Waals surface area contributed by atoms with Gasteiger partial charge in [0.05, 0.1) is 12.5 Å². The summed E-state index contributed by atoms with van der Waals surface area (Å²) in [6, 6.07) is 6.29. The molecule has 0 saturated carbocycles. The molecular weight excluding hydrogens is 288 g/mol. The van der Waals surface area contributed by atoms with Crippen molar-refractivity contribution < 1.29 is 24.2 Å². The molecule has 3 N–H and O–H groups in total. The van der Waals surface area contributed by atoms with Crippen LogP contribution in [0.25, 0.3) is 0 Å². The number of aliphatic carboxylic acids is 1. The van der Waals surface area contributed by atoms with E-state index in [0.29, 0.717) is 11.3 Å². The fourth-order valence-corrected chi connectivity index (χ4v) is 1.53. The van der Waals surface area contributed by atoms with Crippen LogP contribution in [0.5, 0.6) is 0 Å². The average Bonchev–Trinajstić information content (AvgIpc) is 2.45. The van der Waals surface area contributed by atoms with Gasteiger partial charge < -0.3 is 20.5 Å². The van der Waals surface area contributed by atoms with Gasteiger partial charge in [-0.3, -0.25) is 14.4 Å². The lowest BCUT2D eigenvalue weighted by Gasteiger charge is -2.09. The van der Waals surface area contributed by atoms with E-state index in [-0.39, 0.29) is 37.5 Å². The highest BCUT2D eigenvalue weighted by Gasteiger charge is 2.07. The Morgan fingerprint density at radius 3 is 2.36 bits per heavy atom. The number of hydrogen-bond acceptors (Lipinski definition) is 4. The number of anilines is 1. The van der Waals surface area contributed by atoms with Gasteiger partial charge in [-0.05, 0) is 38.1 Å². The third kappa shape index (κ3) is 6.85. The van der Waals surface area contributed by atoms with Crippen molar-refractivity contribution in [2.24, 2.45) is 0 Å². The smallest absolute Gasteiger partial charge is 0.305 e. The number of amides is 2. The zero-order chi connectivity index (χ0) is 16.5. The average molecular weight is 308 g/mol. The SMILES string of the molecule is CC(C)OCC(=O)Nc1ccc(C(=O)NCCC(=O)O)cc1. The molecule has 0 bridgehead atoms. The van der Waals surface area contributed by atoms with E-state index < -0.39 is 5.97 Å². The van der Waals surface area contributed by atoms with Crippen LogP contribution in [-0.2, 0) is 14.3 Å². The van der Waals surface area contributed by atoms with Crippen LogP contribution in [0.3, 0.4) is 0 Å². The van der Waals surface area contributed by atoms with Crippen LogP contribution in [0.4, 0.5) is 5.69 Å². The molecule has 1 rings (SSSR count). The van der Waals surface area contributed by atoms with Crippen molar-refractivity contribution in [3.8, 4) is 0 Å². The highest BCUT2D eigenvalue weighted by Crippen LogP contribution is 2.09. The summed E-state index contributed by atoms with van der Waals surface area (Å²) >= 11 is 0. The number of hydrogen-bond donors (Lipinski definition) is 3. The van der Waals surface area contributed by atoms with Gasteiger partial charge >= 0.3 is 5.97 Å². The number of carboxylic acids is 1. The number of ether oxygens (including phenoxy) is 1. The predicted molar refractivity (Wildman–Crippen MR) is 80.7 cm³/mol. The molecule has 120 valence electrons. The summed E-state index contributed by atoms with van der Waals surface area (Å²) in [4.78, 5) is 33.7. The Bertz CT molecular complexity index is 525. The second-order valence-electron chi connectivity index (χ2n) is 4.88. The number of carboxylic acid groups (broad SMARTS) is 1. The van der Waals surface area contributed by atoms with E-state index in [1.807, 2.05) is 13.8 Å². The lowest BCUT2D eigenvalue weighted by atomic mass is 10.2. The molecule has 0 heterocycles. The van der Waals surface area contributed by atoms with Crippen molar-refractivity contribution in [3.63, 3.8) is 0 Å². The molecule has 0 aliphatic heterocycles. The van der Waals surface area contributed by atoms with Crippen molar-refractivity contribution in [3.05, 3.63) is 29.8 Å². The monoisotopic (exact) mass is 308 g/mol. The lowest BCUT2D eigenvalue weighted by Crippen LogP contribution is -2.26. The van der Waals surface area contributed by atoms with Crippen molar-refractivity contribution in [1.82, 2.24) is 5.32 Å². The summed E-state index contributed by atoms with van der Waals surface area (Å²) in [7, 11) is 0. The molecule has 0 aromatic heterocycles. The quantitative estimate of drug-likeness (QED) is 0.670. The number of rotatable bonds is 8. The maximum absolute atomic E-state index is 11.7. The molecule has 2 amide bonds. The molecule has 0 radical (unpaired) electrons. The maximum atomic E-state index is 11.7. The van der Waals surface area contributed by atoms with Gasteiger partial charge in [-0.2, -0.15) is 0 Å². The molecule has 0 unspecified atom stereocenters. The molecule has 0 aliphatic rings. The fraction of sp³-hybridized carbons (Fsp3) is 0.400. The minimum Gasteiger partial charge on any atom is -0.481 e. The Labute approximate surface area is 128 Å². The van der Waals surface area contributed by atoms with Crippen LogP contribution in [0.2, 0.25) is 0 Å². The third-order valence-electron chi connectivity index (χ3n) is 2.60. The Morgan fingerprint density at radius 1 is 1.18 bits per heavy atom. The van der Waals surface area contributed by atoms with Gasteiger partial charge in [-0.1, -0.05) is 0 Å². The number of nitrogens with one attached hydrogen (secondary N) is 2. The summed E-state index contributed by atoms with van der Waals surface area (Å²) in [5.41, 5.74) is 0.946. The van der Waals surface area contributed by atoms with Crippen LogP contribution in [-0.4, -0.2) is 42.1 Å². The van der Waals surface area contributed by atoms with Crippen LogP contribution in [0, 0.1) is 0 Å². The molecular formula is C15H20N2O5. The molecule has 22 heavy (non-hydrogen) atoms. The van der Waals surface area contributed by atoms with Gasteiger partial charge in [0, 0.05) is 17.8 Å². The zero-order valence-electron chi connectivity index (χ0n) is 12.6. The summed E-state index contributed by atoms with van der Waals surface area (Å²) in [5.74, 6) is -1.60. The minimum atomic E-state index is -0.970. The minimum absolute atomic E-state index is 0.0253. The summed E-state index contributed by atoms with van der Waals surface area (Å²) in [6.45, 7) is 3.71. The topological polar surface area (TPSA) is 105 Å². The summed E-state index contributed by atoms with van der Waals surface area (Å²) < 4.78 is 5.18. The van der Waals surface area contributed by atoms with E-state index in [1.54, 1.807) is 24.3 Å². The number of carbonyl (C=O) groups excluding carboxylic acids is 2. The molecule has 0 atom stereocenters. The number of benzene rings is 1. The largest absolute Gasteiger partial charge is 0.481 e. The molecule has 7 heteroatoms. The van der Waals surface area contributed by atoms with E-state index in [1.165, 1.54) is 0 Å². The van der Waals surface area contributed by atoms with E-state index >= 15 is 0 Å². The number of carbonyl (C=O) groups is 3. The standard InChI is InChI=1S/C15H20N2O5/c1-10(2)22-9-13(18)17-12-5-3-11(4-6-12)15(21)16-8-7-14(19)20/h3-6,10H,7-9H2,1-2H3,(H,16,21)(H,17,18)(H,19,20). The van der Waals surface area contributed by atoms with E-state index in [0.717, 1.165) is 0 Å². The Kier molecular flexibility index (Phi) is 7.04. The molecule has 1 aromatic rings. The first-order valence-corrected chi connectivity index (χ1v) is 6.90. The first-order chi connectivity index (χ1) is 10.4. The molecule has 0 saturated heterocycles. The van der Waals surface area contributed by atoms with Crippen LogP contribution in [0.15, 0.2) is 24.3 Å². The predicted octanol–water partition coefficient (Wildman–Crippen LogP) is 1.25. The van der Waals surface area contributed by atoms with E-state index in [9.17, 15) is 14.4 Å². The van der Waals surface area contributed by atoms with Crippen molar-refractivity contribution in [1.29, 1.82) is 0 Å². The zero-order valence-corrected chi connectivity index (χ0v) is 12.6. The third-order valence-corrected chi connectivity index (χ3v) is 2.60. The van der Waals surface area contributed by atoms with Gasteiger partial charge in [0.1, 0.15) is 6.61 Å². The van der Waals surface area contributed by atoms with Gasteiger partial charge in [0.25, 0.3) is 5.91 Å². The summed E-state index contributed by atoms with van der Waals surface area (Å²) in [6.07, 6.45) is -0.155. The Morgan fingerprint density at radius 2 is 1.82 bits per heavy atom. The van der Waals surface area contributed by atoms with E-state index in [2.05, 4.69) is 10.6 Å². The second-order valence-corrected chi connectivity index (χ2v) is 4.88. The normalized spacial score (nSPS) is 10.3. The van der Waals surface area contributed by atoms with Crippen LogP contribution in [0.1, 0.15) is 30.6 Å². The van der Waals surface area contributed by atoms with E-state index in [4.69, 9.17) is 9.84 Å². The first kappa shape index (κ1) is 17.6. The lowest BCUT2D eigenvalue weighted by molar-refractivity contribution is -0.136. The van der Waals surface area contributed by atoms with Crippen molar-refractivity contribution in [2.45, 2.75) is 26.4 Å². The fourth-order valence-electron chi connectivity index (χ4n) is 1.53. The maximum Gasteiger partial charge on any atom is 0.305 e. The first-order valence-electron chi connectivity index (χ1n) is 6.90. The molecule has 0 fully saturated rings.